The van der Waals surface area contributed by atoms with Crippen LogP contribution < -0.4 is 11.5 Å². The van der Waals surface area contributed by atoms with Gasteiger partial charge in [-0.15, -0.1) is 6.58 Å². The van der Waals surface area contributed by atoms with E-state index in [1.165, 1.54) is 0 Å². The van der Waals surface area contributed by atoms with E-state index in [9.17, 15) is 0 Å². The van der Waals surface area contributed by atoms with Crippen LogP contribution in [-0.4, -0.2) is 17.0 Å². The molecule has 0 unspecified atom stereocenters. The van der Waals surface area contributed by atoms with E-state index in [-0.39, 0.29) is 5.96 Å². The van der Waals surface area contributed by atoms with Crippen LogP contribution in [0.3, 0.4) is 0 Å². The Hall–Kier alpha value is -1.52. The zero-order valence-corrected chi connectivity index (χ0v) is 6.79. The number of carboxylic acids is 1. The molecule has 0 aromatic rings. The smallest absolute Gasteiger partial charge is 0.300 e. The summed E-state index contributed by atoms with van der Waals surface area (Å²) in [5.41, 5.74) is 8.94. The van der Waals surface area contributed by atoms with Gasteiger partial charge in [0.05, 0.1) is 0 Å². The summed E-state index contributed by atoms with van der Waals surface area (Å²) in [6.07, 6.45) is 1.75. The van der Waals surface area contributed by atoms with Gasteiger partial charge in [0.15, 0.2) is 5.96 Å². The Bertz CT molecular complexity index is 103. The number of hydrogen-bond donors (Lipinski definition) is 4. The topological polar surface area (TPSA) is 113 Å². The second-order valence-electron chi connectivity index (χ2n) is 1.38. The summed E-state index contributed by atoms with van der Waals surface area (Å²) < 4.78 is 0. The van der Waals surface area contributed by atoms with Gasteiger partial charge in [0.2, 0.25) is 0 Å². The van der Waals surface area contributed by atoms with Crippen LogP contribution in [0.2, 0.25) is 0 Å². The molecule has 0 aliphatic carbocycles. The maximum atomic E-state index is 9.00. The highest BCUT2D eigenvalue weighted by Gasteiger charge is 1.65. The predicted octanol–water partition coefficient (Wildman–Crippen LogP) is 0.122. The maximum Gasteiger partial charge on any atom is 0.300 e. The molecule has 0 heterocycles. The van der Waals surface area contributed by atoms with Gasteiger partial charge in [-0.1, -0.05) is 6.08 Å². The van der Waals surface area contributed by atoms with Crippen molar-refractivity contribution in [3.8, 4) is 0 Å². The van der Waals surface area contributed by atoms with E-state index in [2.05, 4.69) is 18.0 Å². The number of guanidine groups is 1. The summed E-state index contributed by atoms with van der Waals surface area (Å²) in [5, 5.41) is 13.5. The predicted molar refractivity (Wildman–Crippen MR) is 45.3 cm³/mol. The molecule has 0 saturated heterocycles. The number of allylic oxidation sites excluding steroid dienone is 1. The Morgan fingerprint density at radius 3 is 1.64 bits per heavy atom. The molecule has 0 spiro atoms. The van der Waals surface area contributed by atoms with Gasteiger partial charge in [0, 0.05) is 6.92 Å². The van der Waals surface area contributed by atoms with Crippen molar-refractivity contribution in [3.63, 3.8) is 0 Å². The van der Waals surface area contributed by atoms with Crippen molar-refractivity contribution in [2.24, 2.45) is 11.5 Å². The molecule has 0 bridgehead atoms. The minimum Gasteiger partial charge on any atom is -0.481 e. The van der Waals surface area contributed by atoms with E-state index in [4.69, 9.17) is 15.3 Å². The van der Waals surface area contributed by atoms with Gasteiger partial charge in [-0.25, -0.2) is 0 Å². The van der Waals surface area contributed by atoms with Gasteiger partial charge < -0.3 is 16.6 Å². The lowest BCUT2D eigenvalue weighted by atomic mass is 10.8. The second kappa shape index (κ2) is 15.8. The SMILES string of the molecule is C=CC.CC(=O)O.N=C(N)N. The molecule has 5 nitrogen and oxygen atoms in total. The Labute approximate surface area is 66.2 Å². The highest BCUT2D eigenvalue weighted by Crippen LogP contribution is 1.42. The first-order valence-electron chi connectivity index (χ1n) is 2.74. The zero-order valence-electron chi connectivity index (χ0n) is 6.79. The van der Waals surface area contributed by atoms with Crippen molar-refractivity contribution in [1.29, 1.82) is 5.41 Å². The molecular weight excluding hydrogens is 146 g/mol. The third kappa shape index (κ3) is 154. The number of rotatable bonds is 0. The number of aliphatic carboxylic acids is 1. The van der Waals surface area contributed by atoms with Gasteiger partial charge in [-0.05, 0) is 6.92 Å². The number of carboxylic acid groups (broad SMARTS) is 1. The minimum absolute atomic E-state index is 0.333. The van der Waals surface area contributed by atoms with Gasteiger partial charge >= 0.3 is 0 Å². The van der Waals surface area contributed by atoms with E-state index in [0.717, 1.165) is 6.92 Å². The Morgan fingerprint density at radius 1 is 1.64 bits per heavy atom. The molecule has 0 radical (unpaired) electrons. The van der Waals surface area contributed by atoms with E-state index >= 15 is 0 Å². The van der Waals surface area contributed by atoms with Crippen molar-refractivity contribution in [2.75, 3.05) is 0 Å². The first-order valence-corrected chi connectivity index (χ1v) is 2.74. The molecular formula is C6H15N3O2. The molecule has 5 heteroatoms. The van der Waals surface area contributed by atoms with Crippen LogP contribution in [0.5, 0.6) is 0 Å². The number of nitrogens with two attached hydrogens (primary N) is 2. The van der Waals surface area contributed by atoms with Gasteiger partial charge in [0.25, 0.3) is 5.97 Å². The normalized spacial score (nSPS) is 5.64. The number of carbonyl (C=O) groups is 1. The molecule has 66 valence electrons. The van der Waals surface area contributed by atoms with Gasteiger partial charge in [0.1, 0.15) is 0 Å². The molecule has 0 fully saturated rings. The Kier molecular flexibility index (Phi) is 23.3. The minimum atomic E-state index is -0.833. The van der Waals surface area contributed by atoms with Crippen LogP contribution in [-0.2, 0) is 4.79 Å². The Balaban J connectivity index is -0.0000000886. The fourth-order valence-electron chi connectivity index (χ4n) is 0. The monoisotopic (exact) mass is 161 g/mol. The largest absolute Gasteiger partial charge is 0.481 e. The third-order valence-electron chi connectivity index (χ3n) is 0. The Morgan fingerprint density at radius 2 is 1.64 bits per heavy atom. The average Bonchev–Trinajstić information content (AvgIpc) is 1.60. The van der Waals surface area contributed by atoms with E-state index in [1.54, 1.807) is 6.08 Å². The maximum absolute atomic E-state index is 9.00. The third-order valence-corrected chi connectivity index (χ3v) is 0. The second-order valence-corrected chi connectivity index (χ2v) is 1.38. The number of nitrogens with one attached hydrogen (secondary N) is 1. The van der Waals surface area contributed by atoms with Crippen LogP contribution in [0.4, 0.5) is 0 Å². The molecule has 0 aliphatic rings. The average molecular weight is 161 g/mol. The molecule has 0 atom stereocenters. The first-order chi connectivity index (χ1) is 4.88. The van der Waals surface area contributed by atoms with Crippen molar-refractivity contribution in [1.82, 2.24) is 0 Å². The van der Waals surface area contributed by atoms with E-state index in [0.29, 0.717) is 0 Å². The van der Waals surface area contributed by atoms with Crippen molar-refractivity contribution >= 4 is 11.9 Å². The molecule has 0 aliphatic heterocycles. The summed E-state index contributed by atoms with van der Waals surface area (Å²) in [6, 6.07) is 0. The summed E-state index contributed by atoms with van der Waals surface area (Å²) >= 11 is 0. The fourth-order valence-corrected chi connectivity index (χ4v) is 0. The summed E-state index contributed by atoms with van der Waals surface area (Å²) in [4.78, 5) is 9.00. The van der Waals surface area contributed by atoms with Crippen molar-refractivity contribution < 1.29 is 9.90 Å². The van der Waals surface area contributed by atoms with Crippen LogP contribution in [0.15, 0.2) is 12.7 Å². The standard InChI is InChI=1S/C3H6.C2H4O2.CH5N3/c1-3-2;1-2(3)4;2-1(3)4/h3H,1H2,2H3;1H3,(H,3,4);(H5,2,3,4). The molecule has 6 N–H and O–H groups in total. The van der Waals surface area contributed by atoms with Gasteiger partial charge in [-0.2, -0.15) is 0 Å². The molecule has 0 rings (SSSR count). The van der Waals surface area contributed by atoms with E-state index in [1.807, 2.05) is 6.92 Å². The van der Waals surface area contributed by atoms with Gasteiger partial charge in [-0.3, -0.25) is 10.2 Å². The molecule has 0 saturated carbocycles. The lowest BCUT2D eigenvalue weighted by Crippen LogP contribution is -2.20. The first kappa shape index (κ1) is 16.2. The molecule has 0 aromatic heterocycles. The summed E-state index contributed by atoms with van der Waals surface area (Å²) in [5.74, 6) is -1.17. The highest BCUT2D eigenvalue weighted by atomic mass is 16.4. The lowest BCUT2D eigenvalue weighted by molar-refractivity contribution is -0.134. The molecule has 0 aromatic carbocycles. The van der Waals surface area contributed by atoms with Crippen LogP contribution in [0, 0.1) is 5.41 Å². The van der Waals surface area contributed by atoms with E-state index < -0.39 is 5.97 Å². The van der Waals surface area contributed by atoms with Crippen LogP contribution in [0.25, 0.3) is 0 Å². The van der Waals surface area contributed by atoms with Crippen LogP contribution >= 0.6 is 0 Å². The molecule has 0 amide bonds. The highest BCUT2D eigenvalue weighted by molar-refractivity contribution is 5.71. The number of hydrogen-bond acceptors (Lipinski definition) is 2. The zero-order chi connectivity index (χ0) is 9.86. The van der Waals surface area contributed by atoms with Crippen molar-refractivity contribution in [3.05, 3.63) is 12.7 Å². The van der Waals surface area contributed by atoms with Crippen LogP contribution in [0.1, 0.15) is 13.8 Å². The summed E-state index contributed by atoms with van der Waals surface area (Å²) in [7, 11) is 0. The molecule has 11 heavy (non-hydrogen) atoms. The fraction of sp³-hybridized carbons (Fsp3) is 0.333. The quantitative estimate of drug-likeness (QED) is 0.229. The summed E-state index contributed by atoms with van der Waals surface area (Å²) in [6.45, 7) is 6.33. The lowest BCUT2D eigenvalue weighted by Gasteiger charge is -1.69. The van der Waals surface area contributed by atoms with Crippen molar-refractivity contribution in [2.45, 2.75) is 13.8 Å².